The Labute approximate surface area is 142 Å². The number of nitriles is 1. The SMILES string of the molecule is C[C@H]1C[C@@H]2CC3[C@](O)(C1)C[C@]31[C@@H](C(=O)N3[C@H](C#N)C[C@@H]4C[C@@H]43)N[C@@H]21. The van der Waals surface area contributed by atoms with Gasteiger partial charge >= 0.3 is 0 Å². The van der Waals surface area contributed by atoms with Gasteiger partial charge in [0.1, 0.15) is 6.04 Å². The fourth-order valence-electron chi connectivity index (χ4n) is 7.79. The smallest absolute Gasteiger partial charge is 0.241 e. The van der Waals surface area contributed by atoms with Crippen molar-refractivity contribution >= 4 is 5.91 Å². The summed E-state index contributed by atoms with van der Waals surface area (Å²) >= 11 is 0. The van der Waals surface area contributed by atoms with E-state index in [1.807, 2.05) is 4.90 Å². The maximum absolute atomic E-state index is 13.3. The van der Waals surface area contributed by atoms with Gasteiger partial charge in [-0.05, 0) is 62.2 Å². The van der Waals surface area contributed by atoms with Crippen LogP contribution < -0.4 is 5.32 Å². The molecule has 128 valence electrons. The highest BCUT2D eigenvalue weighted by Crippen LogP contribution is 2.73. The van der Waals surface area contributed by atoms with Gasteiger partial charge in [-0.2, -0.15) is 5.26 Å². The second-order valence-electron chi connectivity index (χ2n) is 9.75. The molecule has 5 nitrogen and oxygen atoms in total. The predicted octanol–water partition coefficient (Wildman–Crippen LogP) is 1.03. The Bertz CT molecular complexity index is 689. The van der Waals surface area contributed by atoms with Crippen LogP contribution in [0.15, 0.2) is 0 Å². The minimum absolute atomic E-state index is 0.0103. The molecule has 2 aliphatic heterocycles. The van der Waals surface area contributed by atoms with Gasteiger partial charge in [-0.15, -0.1) is 0 Å². The first-order chi connectivity index (χ1) is 11.5. The quantitative estimate of drug-likeness (QED) is 0.754. The van der Waals surface area contributed by atoms with Crippen molar-refractivity contribution in [2.75, 3.05) is 0 Å². The van der Waals surface area contributed by atoms with Gasteiger partial charge in [-0.25, -0.2) is 0 Å². The van der Waals surface area contributed by atoms with E-state index in [9.17, 15) is 15.2 Å². The van der Waals surface area contributed by atoms with Crippen molar-refractivity contribution < 1.29 is 9.90 Å². The Hall–Kier alpha value is -1.12. The maximum Gasteiger partial charge on any atom is 0.241 e. The van der Waals surface area contributed by atoms with Gasteiger partial charge in [0.05, 0.1) is 17.7 Å². The maximum atomic E-state index is 13.3. The van der Waals surface area contributed by atoms with E-state index in [-0.39, 0.29) is 23.4 Å². The van der Waals surface area contributed by atoms with Crippen LogP contribution in [-0.4, -0.2) is 45.7 Å². The third-order valence-electron chi connectivity index (χ3n) is 8.54. The van der Waals surface area contributed by atoms with Crippen molar-refractivity contribution in [2.24, 2.45) is 29.1 Å². The number of rotatable bonds is 1. The zero-order valence-electron chi connectivity index (χ0n) is 14.1. The molecule has 0 aromatic rings. The number of nitrogens with one attached hydrogen (secondary N) is 1. The largest absolute Gasteiger partial charge is 0.390 e. The Morgan fingerprint density at radius 2 is 2.12 bits per heavy atom. The predicted molar refractivity (Wildman–Crippen MR) is 85.5 cm³/mol. The molecule has 4 aliphatic carbocycles. The minimum atomic E-state index is -0.536. The fraction of sp³-hybridized carbons (Fsp3) is 0.895. The molecule has 24 heavy (non-hydrogen) atoms. The highest BCUT2D eigenvalue weighted by Gasteiger charge is 2.80. The van der Waals surface area contributed by atoms with Crippen molar-refractivity contribution in [3.05, 3.63) is 0 Å². The molecule has 1 unspecified atom stereocenters. The van der Waals surface area contributed by atoms with Crippen LogP contribution in [0.25, 0.3) is 0 Å². The number of fused-ring (bicyclic) bond motifs is 3. The summed E-state index contributed by atoms with van der Waals surface area (Å²) in [6.45, 7) is 2.26. The van der Waals surface area contributed by atoms with Crippen LogP contribution in [0.2, 0.25) is 0 Å². The lowest BCUT2D eigenvalue weighted by atomic mass is 9.43. The molecule has 10 atom stereocenters. The fourth-order valence-corrected chi connectivity index (χ4v) is 7.79. The van der Waals surface area contributed by atoms with Crippen molar-refractivity contribution in [1.82, 2.24) is 10.2 Å². The second-order valence-corrected chi connectivity index (χ2v) is 9.75. The summed E-state index contributed by atoms with van der Waals surface area (Å²) < 4.78 is 0. The molecule has 6 aliphatic rings. The van der Waals surface area contributed by atoms with Crippen LogP contribution >= 0.6 is 0 Å². The Balaban J connectivity index is 1.31. The number of hydrogen-bond donors (Lipinski definition) is 2. The van der Waals surface area contributed by atoms with E-state index in [0.29, 0.717) is 35.8 Å². The van der Waals surface area contributed by atoms with E-state index in [1.54, 1.807) is 0 Å². The lowest BCUT2D eigenvalue weighted by Gasteiger charge is -2.69. The normalized spacial score (nSPS) is 61.8. The second kappa shape index (κ2) is 3.99. The van der Waals surface area contributed by atoms with Gasteiger partial charge in [0.15, 0.2) is 0 Å². The Morgan fingerprint density at radius 3 is 2.92 bits per heavy atom. The molecule has 2 saturated heterocycles. The van der Waals surface area contributed by atoms with Crippen LogP contribution in [0.5, 0.6) is 0 Å². The highest BCUT2D eigenvalue weighted by atomic mass is 16.3. The highest BCUT2D eigenvalue weighted by molar-refractivity contribution is 5.87. The molecule has 4 saturated carbocycles. The molecule has 6 fully saturated rings. The summed E-state index contributed by atoms with van der Waals surface area (Å²) in [6.07, 6.45) is 5.89. The number of likely N-dealkylation sites (tertiary alicyclic amines) is 1. The number of hydrogen-bond acceptors (Lipinski definition) is 4. The van der Waals surface area contributed by atoms with E-state index in [1.165, 1.54) is 6.42 Å². The molecule has 0 aromatic carbocycles. The average molecular weight is 327 g/mol. The molecular formula is C19H25N3O2. The first-order valence-corrected chi connectivity index (χ1v) is 9.68. The van der Waals surface area contributed by atoms with Crippen molar-refractivity contribution in [3.8, 4) is 6.07 Å². The topological polar surface area (TPSA) is 76.4 Å². The van der Waals surface area contributed by atoms with Gasteiger partial charge < -0.3 is 15.3 Å². The zero-order valence-corrected chi connectivity index (χ0v) is 14.1. The van der Waals surface area contributed by atoms with E-state index >= 15 is 0 Å². The van der Waals surface area contributed by atoms with Crippen molar-refractivity contribution in [2.45, 2.75) is 75.2 Å². The minimum Gasteiger partial charge on any atom is -0.390 e. The van der Waals surface area contributed by atoms with Crippen LogP contribution in [-0.2, 0) is 4.79 Å². The lowest BCUT2D eigenvalue weighted by molar-refractivity contribution is -0.242. The van der Waals surface area contributed by atoms with E-state index in [0.717, 1.165) is 32.1 Å². The first-order valence-electron chi connectivity index (χ1n) is 9.68. The average Bonchev–Trinajstić information content (AvgIpc) is 3.14. The molecule has 0 aromatic heterocycles. The van der Waals surface area contributed by atoms with Gasteiger partial charge in [0.25, 0.3) is 0 Å². The van der Waals surface area contributed by atoms with Gasteiger partial charge in [-0.3, -0.25) is 4.79 Å². The number of nitrogens with zero attached hydrogens (tertiary/aromatic N) is 2. The van der Waals surface area contributed by atoms with Crippen molar-refractivity contribution in [3.63, 3.8) is 0 Å². The molecule has 6 rings (SSSR count). The molecule has 2 heterocycles. The Kier molecular flexibility index (Phi) is 2.34. The van der Waals surface area contributed by atoms with E-state index < -0.39 is 5.60 Å². The van der Waals surface area contributed by atoms with Crippen LogP contribution in [0.3, 0.4) is 0 Å². The van der Waals surface area contributed by atoms with Gasteiger partial charge in [-0.1, -0.05) is 6.92 Å². The molecule has 2 bridgehead atoms. The molecule has 2 N–H and O–H groups in total. The molecule has 1 amide bonds. The van der Waals surface area contributed by atoms with Gasteiger partial charge in [0, 0.05) is 17.5 Å². The third-order valence-corrected chi connectivity index (χ3v) is 8.54. The molecule has 1 spiro atoms. The number of amides is 1. The number of carbonyl (C=O) groups is 1. The summed E-state index contributed by atoms with van der Waals surface area (Å²) in [7, 11) is 0. The third kappa shape index (κ3) is 1.36. The Morgan fingerprint density at radius 1 is 1.29 bits per heavy atom. The summed E-state index contributed by atoms with van der Waals surface area (Å²) in [5, 5.41) is 24.1. The molecule has 0 radical (unpaired) electrons. The summed E-state index contributed by atoms with van der Waals surface area (Å²) in [4.78, 5) is 15.2. The monoisotopic (exact) mass is 327 g/mol. The van der Waals surface area contributed by atoms with Crippen LogP contribution in [0, 0.1) is 40.4 Å². The first kappa shape index (κ1) is 14.1. The van der Waals surface area contributed by atoms with Crippen LogP contribution in [0.1, 0.15) is 45.4 Å². The molecule has 5 heteroatoms. The molecular weight excluding hydrogens is 302 g/mol. The van der Waals surface area contributed by atoms with E-state index in [2.05, 4.69) is 18.3 Å². The summed E-state index contributed by atoms with van der Waals surface area (Å²) in [6, 6.07) is 2.70. The van der Waals surface area contributed by atoms with Crippen LogP contribution in [0.4, 0.5) is 0 Å². The summed E-state index contributed by atoms with van der Waals surface area (Å²) in [5.41, 5.74) is -0.547. The van der Waals surface area contributed by atoms with Gasteiger partial charge in [0.2, 0.25) is 5.91 Å². The zero-order chi connectivity index (χ0) is 16.4. The number of carbonyl (C=O) groups excluding carboxylic acids is 1. The standard InChI is InChI=1S/C19H25N3O2/c1-9-2-11-5-14-18(24,6-9)8-19(14)15(11)21-16(19)17(23)22-12(7-20)3-10-4-13(10)22/h9-16,21,24H,2-6,8H2,1H3/t9-,10+,11+,12-,13-,14?,15-,16+,18-,19-/m0/s1. The van der Waals surface area contributed by atoms with Crippen molar-refractivity contribution in [1.29, 1.82) is 5.26 Å². The lowest BCUT2D eigenvalue weighted by Crippen LogP contribution is -2.83. The number of aliphatic hydroxyl groups is 1. The van der Waals surface area contributed by atoms with E-state index in [4.69, 9.17) is 0 Å². The summed E-state index contributed by atoms with van der Waals surface area (Å²) in [5.74, 6) is 2.21. The number of piperidine rings is 1.